The second kappa shape index (κ2) is 9.50. The van der Waals surface area contributed by atoms with E-state index in [0.717, 1.165) is 37.6 Å². The first kappa shape index (κ1) is 24.0. The number of para-hydroxylation sites is 1. The molecule has 0 radical (unpaired) electrons. The molecule has 9 nitrogen and oxygen atoms in total. The molecule has 12 heteroatoms. The van der Waals surface area contributed by atoms with Crippen LogP contribution in [0.5, 0.6) is 0 Å². The van der Waals surface area contributed by atoms with Crippen molar-refractivity contribution in [1.82, 2.24) is 28.8 Å². The zero-order valence-electron chi connectivity index (χ0n) is 19.7. The van der Waals surface area contributed by atoms with E-state index in [1.54, 1.807) is 35.0 Å². The van der Waals surface area contributed by atoms with E-state index in [4.69, 9.17) is 34.8 Å². The number of hydrogen-bond donors (Lipinski definition) is 1. The number of fused-ring (bicyclic) bond motifs is 3. The highest BCUT2D eigenvalue weighted by Crippen LogP contribution is 2.31. The number of hydrogen-bond acceptors (Lipinski definition) is 7. The molecule has 3 aromatic heterocycles. The van der Waals surface area contributed by atoms with Crippen LogP contribution in [0.25, 0.3) is 22.5 Å². The molecule has 1 saturated heterocycles. The number of anilines is 3. The van der Waals surface area contributed by atoms with Crippen LogP contribution in [0.4, 0.5) is 17.3 Å². The average Bonchev–Trinajstić information content (AvgIpc) is 3.36. The van der Waals surface area contributed by atoms with Crippen LogP contribution in [0.15, 0.2) is 59.8 Å². The minimum atomic E-state index is -0.380. The molecule has 1 N–H and O–H groups in total. The van der Waals surface area contributed by atoms with E-state index < -0.39 is 0 Å². The molecule has 4 heterocycles. The zero-order chi connectivity index (χ0) is 25.7. The third-order valence-electron chi connectivity index (χ3n) is 6.46. The van der Waals surface area contributed by atoms with Crippen LogP contribution >= 0.6 is 34.8 Å². The van der Waals surface area contributed by atoms with Crippen LogP contribution < -0.4 is 15.8 Å². The number of benzene rings is 2. The van der Waals surface area contributed by atoms with Crippen molar-refractivity contribution in [3.63, 3.8) is 0 Å². The largest absolute Gasteiger partial charge is 0.368 e. The van der Waals surface area contributed by atoms with Gasteiger partial charge in [-0.15, -0.1) is 0 Å². The Bertz CT molecular complexity index is 1690. The number of rotatable bonds is 4. The van der Waals surface area contributed by atoms with Crippen LogP contribution in [-0.2, 0) is 0 Å². The maximum atomic E-state index is 13.5. The predicted octanol–water partition coefficient (Wildman–Crippen LogP) is 4.88. The maximum absolute atomic E-state index is 13.5. The van der Waals surface area contributed by atoms with E-state index in [2.05, 4.69) is 37.1 Å². The molecular formula is C25H21Cl3N8O. The first-order valence-electron chi connectivity index (χ1n) is 11.6. The lowest BCUT2D eigenvalue weighted by atomic mass is 10.2. The molecule has 1 aliphatic rings. The van der Waals surface area contributed by atoms with Gasteiger partial charge in [-0.25, -0.2) is 14.5 Å². The lowest BCUT2D eigenvalue weighted by Crippen LogP contribution is -2.44. The van der Waals surface area contributed by atoms with Crippen molar-refractivity contribution < 1.29 is 0 Å². The first-order valence-corrected chi connectivity index (χ1v) is 12.7. The summed E-state index contributed by atoms with van der Waals surface area (Å²) in [5.41, 5.74) is 2.11. The summed E-state index contributed by atoms with van der Waals surface area (Å²) in [7, 11) is 2.12. The highest BCUT2D eigenvalue weighted by Gasteiger charge is 2.20. The lowest BCUT2D eigenvalue weighted by Gasteiger charge is -2.34. The van der Waals surface area contributed by atoms with Crippen LogP contribution in [0.1, 0.15) is 0 Å². The molecule has 0 atom stereocenters. The summed E-state index contributed by atoms with van der Waals surface area (Å²) in [5.74, 6) is 0.649. The summed E-state index contributed by atoms with van der Waals surface area (Å²) < 4.78 is 3.08. The van der Waals surface area contributed by atoms with E-state index in [0.29, 0.717) is 38.1 Å². The number of piperazine rings is 1. The molecule has 0 unspecified atom stereocenters. The minimum absolute atomic E-state index is 0.287. The fraction of sp³-hybridized carbons (Fsp3) is 0.200. The summed E-state index contributed by atoms with van der Waals surface area (Å²) in [6.45, 7) is 3.84. The Morgan fingerprint density at radius 3 is 2.43 bits per heavy atom. The molecule has 5 aromatic rings. The highest BCUT2D eigenvalue weighted by molar-refractivity contribution is 6.37. The van der Waals surface area contributed by atoms with Gasteiger partial charge in [-0.1, -0.05) is 40.9 Å². The molecule has 0 amide bonds. The van der Waals surface area contributed by atoms with Gasteiger partial charge in [-0.2, -0.15) is 4.98 Å². The Labute approximate surface area is 226 Å². The van der Waals surface area contributed by atoms with Gasteiger partial charge in [0.05, 0.1) is 26.4 Å². The van der Waals surface area contributed by atoms with Crippen molar-refractivity contribution >= 4 is 68.9 Å². The Morgan fingerprint density at radius 1 is 0.946 bits per heavy atom. The number of imidazole rings is 1. The fourth-order valence-corrected chi connectivity index (χ4v) is 5.39. The van der Waals surface area contributed by atoms with E-state index in [9.17, 15) is 4.79 Å². The SMILES string of the molecule is CN1CCN(c2ccc(Nc3ncc4c(=O)n(-c5c(Cl)cccc5Cl)c5nccn5c4n3)cc2Cl)CC1. The van der Waals surface area contributed by atoms with Gasteiger partial charge >= 0.3 is 0 Å². The van der Waals surface area contributed by atoms with Crippen molar-refractivity contribution in [2.75, 3.05) is 43.4 Å². The van der Waals surface area contributed by atoms with E-state index >= 15 is 0 Å². The topological polar surface area (TPSA) is 83.6 Å². The highest BCUT2D eigenvalue weighted by atomic mass is 35.5. The monoisotopic (exact) mass is 554 g/mol. The molecule has 1 fully saturated rings. The van der Waals surface area contributed by atoms with E-state index in [1.807, 2.05) is 18.2 Å². The molecule has 0 spiro atoms. The number of likely N-dealkylation sites (N-methyl/N-ethyl adjacent to an activating group) is 1. The zero-order valence-corrected chi connectivity index (χ0v) is 22.0. The van der Waals surface area contributed by atoms with E-state index in [-0.39, 0.29) is 10.9 Å². The Morgan fingerprint density at radius 2 is 1.70 bits per heavy atom. The third-order valence-corrected chi connectivity index (χ3v) is 7.37. The molecule has 0 aliphatic carbocycles. The number of aromatic nitrogens is 5. The molecule has 188 valence electrons. The van der Waals surface area contributed by atoms with Gasteiger partial charge < -0.3 is 15.1 Å². The third kappa shape index (κ3) is 4.27. The van der Waals surface area contributed by atoms with Gasteiger partial charge in [-0.3, -0.25) is 9.20 Å². The van der Waals surface area contributed by atoms with Gasteiger partial charge in [0.2, 0.25) is 11.7 Å². The number of halogens is 3. The predicted molar refractivity (Wildman–Crippen MR) is 148 cm³/mol. The lowest BCUT2D eigenvalue weighted by molar-refractivity contribution is 0.313. The van der Waals surface area contributed by atoms with E-state index in [1.165, 1.54) is 10.8 Å². The summed E-state index contributed by atoms with van der Waals surface area (Å²) in [6.07, 6.45) is 4.78. The van der Waals surface area contributed by atoms with Crippen molar-refractivity contribution in [2.24, 2.45) is 0 Å². The smallest absolute Gasteiger partial charge is 0.270 e. The fourth-order valence-electron chi connectivity index (χ4n) is 4.53. The molecule has 0 saturated carbocycles. The average molecular weight is 556 g/mol. The second-order valence-corrected chi connectivity index (χ2v) is 10.0. The van der Waals surface area contributed by atoms with Gasteiger partial charge in [0.25, 0.3) is 5.56 Å². The molecule has 0 bridgehead atoms. The first-order chi connectivity index (χ1) is 17.9. The molecule has 2 aromatic carbocycles. The second-order valence-electron chi connectivity index (χ2n) is 8.82. The Hall–Kier alpha value is -3.37. The molecule has 1 aliphatic heterocycles. The van der Waals surface area contributed by atoms with Gasteiger partial charge in [0, 0.05) is 50.5 Å². The van der Waals surface area contributed by atoms with Crippen LogP contribution in [0.3, 0.4) is 0 Å². The van der Waals surface area contributed by atoms with Crippen LogP contribution in [-0.4, -0.2) is 62.0 Å². The quantitative estimate of drug-likeness (QED) is 0.338. The van der Waals surface area contributed by atoms with Gasteiger partial charge in [0.15, 0.2) is 5.65 Å². The minimum Gasteiger partial charge on any atom is -0.368 e. The molecule has 37 heavy (non-hydrogen) atoms. The van der Waals surface area contributed by atoms with Crippen molar-refractivity contribution in [3.8, 4) is 5.69 Å². The Balaban J connectivity index is 1.38. The normalized spacial score (nSPS) is 14.5. The number of nitrogens with one attached hydrogen (secondary N) is 1. The van der Waals surface area contributed by atoms with Crippen LogP contribution in [0, 0.1) is 0 Å². The van der Waals surface area contributed by atoms with Crippen LogP contribution in [0.2, 0.25) is 15.1 Å². The maximum Gasteiger partial charge on any atom is 0.270 e. The summed E-state index contributed by atoms with van der Waals surface area (Å²) in [6, 6.07) is 10.8. The van der Waals surface area contributed by atoms with Crippen molar-refractivity contribution in [1.29, 1.82) is 0 Å². The summed E-state index contributed by atoms with van der Waals surface area (Å²) >= 11 is 19.5. The molecule has 6 rings (SSSR count). The summed E-state index contributed by atoms with van der Waals surface area (Å²) in [4.78, 5) is 31.5. The van der Waals surface area contributed by atoms with Crippen molar-refractivity contribution in [2.45, 2.75) is 0 Å². The Kier molecular flexibility index (Phi) is 6.16. The number of nitrogens with zero attached hydrogens (tertiary/aromatic N) is 7. The van der Waals surface area contributed by atoms with Gasteiger partial charge in [0.1, 0.15) is 5.39 Å². The molecular weight excluding hydrogens is 535 g/mol. The summed E-state index contributed by atoms with van der Waals surface area (Å²) in [5, 5.41) is 4.79. The standard InChI is InChI=1S/C25H21Cl3N8O/c1-33-9-11-34(12-10-33)20-6-5-15(13-19(20)28)31-24-30-14-16-22(32-24)35-8-7-29-25(35)36(23(16)37)21-17(26)3-2-4-18(21)27/h2-8,13-14H,9-12H2,1H3,(H,30,31,32). The van der Waals surface area contributed by atoms with Gasteiger partial charge in [-0.05, 0) is 37.4 Å². The van der Waals surface area contributed by atoms with Crippen molar-refractivity contribution in [3.05, 3.63) is 80.4 Å².